The molecule has 0 spiro atoms. The number of nitrogens with zero attached hydrogens (tertiary/aromatic N) is 3. The van der Waals surface area contributed by atoms with Crippen LogP contribution in [0.3, 0.4) is 0 Å². The van der Waals surface area contributed by atoms with Gasteiger partial charge in [-0.3, -0.25) is 9.59 Å². The zero-order valence-corrected chi connectivity index (χ0v) is 13.1. The molecule has 1 aliphatic rings. The fourth-order valence-electron chi connectivity index (χ4n) is 2.27. The molecule has 7 nitrogen and oxygen atoms in total. The van der Waals surface area contributed by atoms with Crippen molar-refractivity contribution in [3.8, 4) is 5.88 Å². The molecule has 122 valence electrons. The Hall–Kier alpha value is -3.22. The summed E-state index contributed by atoms with van der Waals surface area (Å²) in [7, 11) is 1.52. The molecular formula is C17H16N4O3. The summed E-state index contributed by atoms with van der Waals surface area (Å²) in [6.45, 7) is 0. The zero-order valence-electron chi connectivity index (χ0n) is 13.1. The Kier molecular flexibility index (Phi) is 4.51. The van der Waals surface area contributed by atoms with E-state index in [0.29, 0.717) is 29.4 Å². The summed E-state index contributed by atoms with van der Waals surface area (Å²) in [5, 5.41) is 8.20. The predicted octanol–water partition coefficient (Wildman–Crippen LogP) is 2.21. The Morgan fingerprint density at radius 2 is 1.96 bits per heavy atom. The van der Waals surface area contributed by atoms with E-state index in [2.05, 4.69) is 15.4 Å². The van der Waals surface area contributed by atoms with Gasteiger partial charge in [-0.15, -0.1) is 0 Å². The van der Waals surface area contributed by atoms with E-state index in [-0.39, 0.29) is 18.2 Å². The second kappa shape index (κ2) is 6.91. The topological polar surface area (TPSA) is 83.9 Å². The van der Waals surface area contributed by atoms with Crippen molar-refractivity contribution < 1.29 is 14.3 Å². The van der Waals surface area contributed by atoms with Crippen LogP contribution in [0.25, 0.3) is 0 Å². The first-order chi connectivity index (χ1) is 11.7. The third-order valence-corrected chi connectivity index (χ3v) is 3.50. The van der Waals surface area contributed by atoms with Crippen LogP contribution >= 0.6 is 0 Å². The number of rotatable bonds is 4. The van der Waals surface area contributed by atoms with Crippen LogP contribution in [0, 0.1) is 0 Å². The molecule has 0 unspecified atom stereocenters. The first-order valence-electron chi connectivity index (χ1n) is 7.44. The Bertz CT molecular complexity index is 772. The SMILES string of the molecule is COc1ccc(NC(=O)C2=NN(c3ccccc3)C(=O)CC2)cn1. The van der Waals surface area contributed by atoms with Gasteiger partial charge in [0.25, 0.3) is 5.91 Å². The van der Waals surface area contributed by atoms with Gasteiger partial charge < -0.3 is 10.1 Å². The van der Waals surface area contributed by atoms with Gasteiger partial charge in [0.15, 0.2) is 0 Å². The summed E-state index contributed by atoms with van der Waals surface area (Å²) in [4.78, 5) is 28.5. The van der Waals surface area contributed by atoms with Crippen LogP contribution in [0.15, 0.2) is 53.8 Å². The van der Waals surface area contributed by atoms with Gasteiger partial charge in [0.1, 0.15) is 5.71 Å². The van der Waals surface area contributed by atoms with Crippen LogP contribution in [0.1, 0.15) is 12.8 Å². The molecule has 2 aromatic rings. The van der Waals surface area contributed by atoms with E-state index >= 15 is 0 Å². The number of amides is 2. The molecule has 1 aromatic heterocycles. The third kappa shape index (κ3) is 3.40. The maximum atomic E-state index is 12.4. The van der Waals surface area contributed by atoms with Crippen molar-refractivity contribution in [3.63, 3.8) is 0 Å². The molecule has 0 saturated heterocycles. The Labute approximate surface area is 139 Å². The standard InChI is InChI=1S/C17H16N4O3/c1-24-15-9-7-12(11-18-15)19-17(23)14-8-10-16(22)21(20-14)13-5-3-2-4-6-13/h2-7,9,11H,8,10H2,1H3,(H,19,23). The third-order valence-electron chi connectivity index (χ3n) is 3.50. The zero-order chi connectivity index (χ0) is 16.9. The van der Waals surface area contributed by atoms with E-state index in [1.165, 1.54) is 18.3 Å². The molecule has 0 atom stereocenters. The number of hydrogen-bond acceptors (Lipinski definition) is 5. The minimum atomic E-state index is -0.351. The van der Waals surface area contributed by atoms with Crippen molar-refractivity contribution in [2.75, 3.05) is 17.4 Å². The maximum absolute atomic E-state index is 12.4. The first-order valence-corrected chi connectivity index (χ1v) is 7.44. The van der Waals surface area contributed by atoms with Crippen molar-refractivity contribution >= 4 is 28.9 Å². The van der Waals surface area contributed by atoms with Gasteiger partial charge in [-0.05, 0) is 18.2 Å². The number of methoxy groups -OCH3 is 1. The van der Waals surface area contributed by atoms with Crippen LogP contribution in [0.2, 0.25) is 0 Å². The van der Waals surface area contributed by atoms with E-state index in [1.807, 2.05) is 18.2 Å². The molecule has 0 aliphatic carbocycles. The number of carbonyl (C=O) groups excluding carboxylic acids is 2. The lowest BCUT2D eigenvalue weighted by atomic mass is 10.1. The van der Waals surface area contributed by atoms with Gasteiger partial charge in [-0.1, -0.05) is 18.2 Å². The van der Waals surface area contributed by atoms with Gasteiger partial charge in [-0.25, -0.2) is 9.99 Å². The van der Waals surface area contributed by atoms with Gasteiger partial charge in [0.2, 0.25) is 11.8 Å². The number of hydrazone groups is 1. The van der Waals surface area contributed by atoms with Crippen LogP contribution in [-0.4, -0.2) is 29.6 Å². The normalized spacial score (nSPS) is 14.1. The smallest absolute Gasteiger partial charge is 0.271 e. The van der Waals surface area contributed by atoms with Crippen molar-refractivity contribution in [2.45, 2.75) is 12.8 Å². The monoisotopic (exact) mass is 324 g/mol. The minimum Gasteiger partial charge on any atom is -0.481 e. The summed E-state index contributed by atoms with van der Waals surface area (Å²) in [6, 6.07) is 12.4. The van der Waals surface area contributed by atoms with Crippen LogP contribution in [0.4, 0.5) is 11.4 Å². The summed E-state index contributed by atoms with van der Waals surface area (Å²) in [5.41, 5.74) is 1.47. The Morgan fingerprint density at radius 3 is 2.62 bits per heavy atom. The number of pyridine rings is 1. The van der Waals surface area contributed by atoms with Crippen molar-refractivity contribution in [1.82, 2.24) is 4.98 Å². The highest BCUT2D eigenvalue weighted by atomic mass is 16.5. The average Bonchev–Trinajstić information content (AvgIpc) is 2.63. The van der Waals surface area contributed by atoms with Gasteiger partial charge in [0.05, 0.1) is 24.7 Å². The lowest BCUT2D eigenvalue weighted by Gasteiger charge is -2.23. The first kappa shape index (κ1) is 15.7. The second-order valence-corrected chi connectivity index (χ2v) is 5.13. The molecule has 7 heteroatoms. The average molecular weight is 324 g/mol. The highest BCUT2D eigenvalue weighted by Gasteiger charge is 2.25. The van der Waals surface area contributed by atoms with Crippen LogP contribution < -0.4 is 15.1 Å². The van der Waals surface area contributed by atoms with E-state index in [9.17, 15) is 9.59 Å². The fraction of sp³-hybridized carbons (Fsp3) is 0.176. The van der Waals surface area contributed by atoms with E-state index in [0.717, 1.165) is 0 Å². The molecule has 0 radical (unpaired) electrons. The molecule has 0 saturated carbocycles. The number of carbonyl (C=O) groups is 2. The molecule has 2 amide bonds. The molecule has 3 rings (SSSR count). The summed E-state index contributed by atoms with van der Waals surface area (Å²) in [5.74, 6) is -0.0249. The van der Waals surface area contributed by atoms with Crippen molar-refractivity contribution in [3.05, 3.63) is 48.7 Å². The van der Waals surface area contributed by atoms with Crippen molar-refractivity contribution in [1.29, 1.82) is 0 Å². The molecule has 1 N–H and O–H groups in total. The number of hydrogen-bond donors (Lipinski definition) is 1. The highest BCUT2D eigenvalue weighted by Crippen LogP contribution is 2.20. The molecule has 0 fully saturated rings. The molecule has 2 heterocycles. The largest absolute Gasteiger partial charge is 0.481 e. The number of ether oxygens (including phenoxy) is 1. The van der Waals surface area contributed by atoms with Crippen molar-refractivity contribution in [2.24, 2.45) is 5.10 Å². The van der Waals surface area contributed by atoms with Gasteiger partial charge in [0, 0.05) is 18.9 Å². The fourth-order valence-corrected chi connectivity index (χ4v) is 2.27. The van der Waals surface area contributed by atoms with Crippen LogP contribution in [0.5, 0.6) is 5.88 Å². The maximum Gasteiger partial charge on any atom is 0.271 e. The summed E-state index contributed by atoms with van der Waals surface area (Å²) >= 11 is 0. The molecule has 1 aliphatic heterocycles. The quantitative estimate of drug-likeness (QED) is 0.934. The Balaban J connectivity index is 1.77. The highest BCUT2D eigenvalue weighted by molar-refractivity contribution is 6.44. The summed E-state index contributed by atoms with van der Waals surface area (Å²) < 4.78 is 4.97. The number of para-hydroxylation sites is 1. The van der Waals surface area contributed by atoms with Gasteiger partial charge in [-0.2, -0.15) is 5.10 Å². The molecule has 24 heavy (non-hydrogen) atoms. The van der Waals surface area contributed by atoms with E-state index in [4.69, 9.17) is 4.74 Å². The molecule has 0 bridgehead atoms. The number of aromatic nitrogens is 1. The summed E-state index contributed by atoms with van der Waals surface area (Å²) in [6.07, 6.45) is 2.04. The Morgan fingerprint density at radius 1 is 1.17 bits per heavy atom. The molecular weight excluding hydrogens is 308 g/mol. The predicted molar refractivity (Wildman–Crippen MR) is 90.0 cm³/mol. The van der Waals surface area contributed by atoms with E-state index < -0.39 is 0 Å². The molecule has 1 aromatic carbocycles. The minimum absolute atomic E-state index is 0.135. The van der Waals surface area contributed by atoms with E-state index in [1.54, 1.807) is 24.3 Å². The lowest BCUT2D eigenvalue weighted by Crippen LogP contribution is -2.36. The van der Waals surface area contributed by atoms with Gasteiger partial charge >= 0.3 is 0 Å². The van der Waals surface area contributed by atoms with Crippen LogP contribution in [-0.2, 0) is 9.59 Å². The number of benzene rings is 1. The lowest BCUT2D eigenvalue weighted by molar-refractivity contribution is -0.118. The second-order valence-electron chi connectivity index (χ2n) is 5.13. The number of anilines is 2. The number of nitrogens with one attached hydrogen (secondary N) is 1.